The van der Waals surface area contributed by atoms with E-state index >= 15 is 0 Å². The van der Waals surface area contributed by atoms with Crippen molar-refractivity contribution in [1.29, 1.82) is 0 Å². The van der Waals surface area contributed by atoms with Crippen molar-refractivity contribution in [3.63, 3.8) is 0 Å². The molecule has 1 heterocycles. The molecule has 1 aromatic carbocycles. The first-order chi connectivity index (χ1) is 9.06. The van der Waals surface area contributed by atoms with Crippen LogP contribution in [0.5, 0.6) is 0 Å². The van der Waals surface area contributed by atoms with E-state index in [0.717, 1.165) is 6.42 Å². The van der Waals surface area contributed by atoms with Crippen LogP contribution in [0.3, 0.4) is 0 Å². The molecule has 102 valence electrons. The predicted molar refractivity (Wildman–Crippen MR) is 67.2 cm³/mol. The smallest absolute Gasteiger partial charge is 0.338 e. The number of aromatic carboxylic acids is 1. The summed E-state index contributed by atoms with van der Waals surface area (Å²) in [7, 11) is 0. The Morgan fingerprint density at radius 1 is 1.26 bits per heavy atom. The zero-order valence-corrected chi connectivity index (χ0v) is 10.7. The van der Waals surface area contributed by atoms with Gasteiger partial charge < -0.3 is 14.6 Å². The zero-order valence-electron chi connectivity index (χ0n) is 10.7. The summed E-state index contributed by atoms with van der Waals surface area (Å²) in [5, 5.41) is 8.77. The van der Waals surface area contributed by atoms with E-state index < -0.39 is 11.9 Å². The first-order valence-corrected chi connectivity index (χ1v) is 6.14. The fourth-order valence-electron chi connectivity index (χ4n) is 1.83. The molecule has 0 bridgehead atoms. The fraction of sp³-hybridized carbons (Fsp3) is 0.429. The highest BCUT2D eigenvalue weighted by Gasteiger charge is 2.38. The lowest BCUT2D eigenvalue weighted by Crippen LogP contribution is -2.46. The summed E-state index contributed by atoms with van der Waals surface area (Å²) in [6.07, 6.45) is 0.901. The monoisotopic (exact) mass is 264 g/mol. The third-order valence-corrected chi connectivity index (χ3v) is 3.44. The molecule has 19 heavy (non-hydrogen) atoms. The summed E-state index contributed by atoms with van der Waals surface area (Å²) >= 11 is 0. The van der Waals surface area contributed by atoms with Gasteiger partial charge in [0.1, 0.15) is 6.61 Å². The molecular formula is C14H16O5. The van der Waals surface area contributed by atoms with Crippen LogP contribution in [0, 0.1) is 5.41 Å². The number of carbonyl (C=O) groups excluding carboxylic acids is 1. The Bertz CT molecular complexity index is 468. The largest absolute Gasteiger partial charge is 0.478 e. The standard InChI is InChI=1S/C14H16O5/c1-2-14(7-18-8-14)9-19-13(17)11-5-3-10(4-6-11)12(15)16/h3-6H,2,7-9H2,1H3,(H,15,16). The SMILES string of the molecule is CCC1(COC(=O)c2ccc(C(=O)O)cc2)COC1. The molecule has 1 aliphatic rings. The van der Waals surface area contributed by atoms with Crippen molar-refractivity contribution in [2.45, 2.75) is 13.3 Å². The van der Waals surface area contributed by atoms with E-state index in [1.54, 1.807) is 0 Å². The van der Waals surface area contributed by atoms with Crippen molar-refractivity contribution in [2.24, 2.45) is 5.41 Å². The van der Waals surface area contributed by atoms with E-state index in [1.165, 1.54) is 24.3 Å². The summed E-state index contributed by atoms with van der Waals surface area (Å²) < 4.78 is 10.4. The van der Waals surface area contributed by atoms with Crippen molar-refractivity contribution < 1.29 is 24.2 Å². The first kappa shape index (κ1) is 13.5. The van der Waals surface area contributed by atoms with Gasteiger partial charge in [-0.2, -0.15) is 0 Å². The van der Waals surface area contributed by atoms with Gasteiger partial charge in [0.05, 0.1) is 29.8 Å². The second-order valence-corrected chi connectivity index (χ2v) is 4.80. The summed E-state index contributed by atoms with van der Waals surface area (Å²) in [6.45, 7) is 3.62. The normalized spacial score (nSPS) is 16.5. The van der Waals surface area contributed by atoms with E-state index in [1.807, 2.05) is 6.92 Å². The van der Waals surface area contributed by atoms with Crippen LogP contribution in [0.25, 0.3) is 0 Å². The van der Waals surface area contributed by atoms with E-state index in [2.05, 4.69) is 0 Å². The quantitative estimate of drug-likeness (QED) is 0.823. The third kappa shape index (κ3) is 2.93. The number of benzene rings is 1. The lowest BCUT2D eigenvalue weighted by atomic mass is 9.84. The molecular weight excluding hydrogens is 248 g/mol. The van der Waals surface area contributed by atoms with Gasteiger partial charge in [-0.3, -0.25) is 0 Å². The van der Waals surface area contributed by atoms with Gasteiger partial charge in [-0.15, -0.1) is 0 Å². The van der Waals surface area contributed by atoms with Gasteiger partial charge in [0.15, 0.2) is 0 Å². The number of ether oxygens (including phenoxy) is 2. The van der Waals surface area contributed by atoms with Crippen LogP contribution in [0.1, 0.15) is 34.1 Å². The number of rotatable bonds is 5. The molecule has 0 unspecified atom stereocenters. The van der Waals surface area contributed by atoms with Gasteiger partial charge in [-0.25, -0.2) is 9.59 Å². The Hall–Kier alpha value is -1.88. The minimum atomic E-state index is -1.02. The molecule has 0 aliphatic carbocycles. The molecule has 0 amide bonds. The lowest BCUT2D eigenvalue weighted by molar-refractivity contribution is -0.140. The number of carbonyl (C=O) groups is 2. The maximum Gasteiger partial charge on any atom is 0.338 e. The molecule has 0 atom stereocenters. The van der Waals surface area contributed by atoms with Gasteiger partial charge in [0.25, 0.3) is 0 Å². The third-order valence-electron chi connectivity index (χ3n) is 3.44. The highest BCUT2D eigenvalue weighted by molar-refractivity contribution is 5.92. The molecule has 5 nitrogen and oxygen atoms in total. The predicted octanol–water partition coefficient (Wildman–Crippen LogP) is 1.97. The first-order valence-electron chi connectivity index (χ1n) is 6.14. The molecule has 0 aromatic heterocycles. The van der Waals surface area contributed by atoms with E-state index in [9.17, 15) is 9.59 Å². The second-order valence-electron chi connectivity index (χ2n) is 4.80. The maximum atomic E-state index is 11.8. The molecule has 0 radical (unpaired) electrons. The Balaban J connectivity index is 1.94. The Morgan fingerprint density at radius 3 is 2.26 bits per heavy atom. The highest BCUT2D eigenvalue weighted by atomic mass is 16.5. The van der Waals surface area contributed by atoms with E-state index in [-0.39, 0.29) is 11.0 Å². The van der Waals surface area contributed by atoms with Gasteiger partial charge in [0, 0.05) is 0 Å². The molecule has 1 fully saturated rings. The fourth-order valence-corrected chi connectivity index (χ4v) is 1.83. The van der Waals surface area contributed by atoms with Crippen molar-refractivity contribution >= 4 is 11.9 Å². The number of esters is 1. The molecule has 0 spiro atoms. The van der Waals surface area contributed by atoms with Gasteiger partial charge >= 0.3 is 11.9 Å². The molecule has 1 N–H and O–H groups in total. The van der Waals surface area contributed by atoms with Gasteiger partial charge in [0.2, 0.25) is 0 Å². The van der Waals surface area contributed by atoms with E-state index in [4.69, 9.17) is 14.6 Å². The molecule has 0 saturated carbocycles. The number of hydrogen-bond acceptors (Lipinski definition) is 4. The average Bonchev–Trinajstić information content (AvgIpc) is 2.38. The second kappa shape index (κ2) is 5.40. The zero-order chi connectivity index (χ0) is 13.9. The highest BCUT2D eigenvalue weighted by Crippen LogP contribution is 2.31. The van der Waals surface area contributed by atoms with Crippen molar-refractivity contribution in [2.75, 3.05) is 19.8 Å². The summed E-state index contributed by atoms with van der Waals surface area (Å²) in [4.78, 5) is 22.5. The number of carboxylic acid groups (broad SMARTS) is 1. The molecule has 1 saturated heterocycles. The minimum Gasteiger partial charge on any atom is -0.478 e. The topological polar surface area (TPSA) is 72.8 Å². The number of hydrogen-bond donors (Lipinski definition) is 1. The lowest BCUT2D eigenvalue weighted by Gasteiger charge is -2.39. The molecule has 5 heteroatoms. The van der Waals surface area contributed by atoms with Crippen LogP contribution < -0.4 is 0 Å². The van der Waals surface area contributed by atoms with Gasteiger partial charge in [-0.05, 0) is 30.7 Å². The Kier molecular flexibility index (Phi) is 3.85. The molecule has 1 aliphatic heterocycles. The molecule has 2 rings (SSSR count). The van der Waals surface area contributed by atoms with Crippen LogP contribution in [0.2, 0.25) is 0 Å². The van der Waals surface area contributed by atoms with Crippen LogP contribution in [0.15, 0.2) is 24.3 Å². The van der Waals surface area contributed by atoms with Gasteiger partial charge in [-0.1, -0.05) is 6.92 Å². The Labute approximate surface area is 111 Å². The molecule has 1 aromatic rings. The van der Waals surface area contributed by atoms with Crippen LogP contribution in [-0.2, 0) is 9.47 Å². The summed E-state index contributed by atoms with van der Waals surface area (Å²) in [6, 6.07) is 5.70. The van der Waals surface area contributed by atoms with Crippen molar-refractivity contribution in [1.82, 2.24) is 0 Å². The van der Waals surface area contributed by atoms with E-state index in [0.29, 0.717) is 25.4 Å². The van der Waals surface area contributed by atoms with Crippen molar-refractivity contribution in [3.05, 3.63) is 35.4 Å². The van der Waals surface area contributed by atoms with Crippen molar-refractivity contribution in [3.8, 4) is 0 Å². The average molecular weight is 264 g/mol. The summed E-state index contributed by atoms with van der Waals surface area (Å²) in [5.74, 6) is -1.45. The van der Waals surface area contributed by atoms with Crippen LogP contribution in [-0.4, -0.2) is 36.9 Å². The summed E-state index contributed by atoms with van der Waals surface area (Å²) in [5.41, 5.74) is 0.460. The number of carboxylic acids is 1. The maximum absolute atomic E-state index is 11.8. The minimum absolute atomic E-state index is 0.0450. The Morgan fingerprint density at radius 2 is 1.84 bits per heavy atom. The van der Waals surface area contributed by atoms with Crippen LogP contribution in [0.4, 0.5) is 0 Å². The van der Waals surface area contributed by atoms with Crippen LogP contribution >= 0.6 is 0 Å².